The van der Waals surface area contributed by atoms with Gasteiger partial charge in [-0.05, 0) is 17.7 Å². The van der Waals surface area contributed by atoms with Gasteiger partial charge in [0.15, 0.2) is 0 Å². The molecule has 1 saturated heterocycles. The third kappa shape index (κ3) is 2.88. The second-order valence-electron chi connectivity index (χ2n) is 4.54. The maximum atomic E-state index is 11.7. The molecule has 6 nitrogen and oxygen atoms in total. The molecule has 20 heavy (non-hydrogen) atoms. The molecule has 1 aliphatic heterocycles. The number of imide groups is 1. The van der Waals surface area contributed by atoms with Crippen LogP contribution in [0.1, 0.15) is 22.3 Å². The van der Waals surface area contributed by atoms with Gasteiger partial charge < -0.3 is 10.4 Å². The van der Waals surface area contributed by atoms with Crippen molar-refractivity contribution in [1.29, 1.82) is 0 Å². The molecule has 1 aliphatic rings. The normalized spacial score (nSPS) is 18.7. The van der Waals surface area contributed by atoms with Gasteiger partial charge in [0.05, 0.1) is 18.0 Å². The number of nitrogens with one attached hydrogen (secondary N) is 1. The van der Waals surface area contributed by atoms with Crippen molar-refractivity contribution in [3.05, 3.63) is 33.8 Å². The Morgan fingerprint density at radius 3 is 2.70 bits per heavy atom. The van der Waals surface area contributed by atoms with Gasteiger partial charge in [-0.3, -0.25) is 14.5 Å². The summed E-state index contributed by atoms with van der Waals surface area (Å²) in [6, 6.07) is 4.16. The molecule has 0 spiro atoms. The molecule has 0 saturated carbocycles. The summed E-state index contributed by atoms with van der Waals surface area (Å²) in [5, 5.41) is 11.9. The van der Waals surface area contributed by atoms with Crippen molar-refractivity contribution in [2.45, 2.75) is 19.0 Å². The topological polar surface area (TPSA) is 86.7 Å². The molecule has 7 heteroatoms. The molecule has 0 radical (unpaired) electrons. The highest BCUT2D eigenvalue weighted by Gasteiger charge is 2.35. The Kier molecular flexibility index (Phi) is 4.20. The van der Waals surface area contributed by atoms with Crippen LogP contribution >= 0.6 is 15.9 Å². The number of amides is 2. The molecule has 2 rings (SSSR count). The van der Waals surface area contributed by atoms with Gasteiger partial charge >= 0.3 is 5.97 Å². The highest BCUT2D eigenvalue weighted by molar-refractivity contribution is 9.10. The zero-order valence-corrected chi connectivity index (χ0v) is 12.3. The van der Waals surface area contributed by atoms with Crippen LogP contribution in [0.4, 0.5) is 0 Å². The lowest BCUT2D eigenvalue weighted by atomic mass is 10.1. The summed E-state index contributed by atoms with van der Waals surface area (Å²) >= 11 is 3.30. The van der Waals surface area contributed by atoms with Crippen molar-refractivity contribution < 1.29 is 19.5 Å². The van der Waals surface area contributed by atoms with E-state index < -0.39 is 12.0 Å². The molecule has 0 aliphatic carbocycles. The summed E-state index contributed by atoms with van der Waals surface area (Å²) in [5.74, 6) is -1.44. The Morgan fingerprint density at radius 1 is 1.50 bits per heavy atom. The summed E-state index contributed by atoms with van der Waals surface area (Å²) in [6.45, 7) is 0.373. The molecule has 2 amide bonds. The van der Waals surface area contributed by atoms with Crippen LogP contribution in [0, 0.1) is 0 Å². The van der Waals surface area contributed by atoms with Crippen molar-refractivity contribution in [1.82, 2.24) is 10.2 Å². The molecule has 1 aromatic rings. The average Bonchev–Trinajstić information content (AvgIpc) is 2.64. The molecule has 1 atom stereocenters. The lowest BCUT2D eigenvalue weighted by molar-refractivity contribution is -0.137. The summed E-state index contributed by atoms with van der Waals surface area (Å²) in [4.78, 5) is 35.0. The van der Waals surface area contributed by atoms with Crippen LogP contribution in [-0.4, -0.2) is 40.9 Å². The van der Waals surface area contributed by atoms with Gasteiger partial charge in [0, 0.05) is 18.1 Å². The highest BCUT2D eigenvalue weighted by atomic mass is 79.9. The molecule has 106 valence electrons. The van der Waals surface area contributed by atoms with Gasteiger partial charge in [0.1, 0.15) is 0 Å². The van der Waals surface area contributed by atoms with Crippen molar-refractivity contribution in [3.8, 4) is 0 Å². The summed E-state index contributed by atoms with van der Waals surface area (Å²) in [5.41, 5.74) is 1.01. The minimum atomic E-state index is -0.997. The van der Waals surface area contributed by atoms with Gasteiger partial charge in [0.2, 0.25) is 11.8 Å². The standard InChI is InChI=1S/C13H13BrN2O4/c1-16-11(17)5-10(12(16)18)15-6-8-3-2-7(13(19)20)4-9(8)14/h2-4,10,15H,5-6H2,1H3,(H,19,20). The number of benzene rings is 1. The van der Waals surface area contributed by atoms with E-state index in [1.165, 1.54) is 19.2 Å². The number of carbonyl (C=O) groups is 3. The fraction of sp³-hybridized carbons (Fsp3) is 0.308. The molecule has 1 aromatic carbocycles. The highest BCUT2D eigenvalue weighted by Crippen LogP contribution is 2.20. The fourth-order valence-electron chi connectivity index (χ4n) is 1.97. The fourth-order valence-corrected chi connectivity index (χ4v) is 2.49. The van der Waals surface area contributed by atoms with E-state index in [0.29, 0.717) is 11.0 Å². The van der Waals surface area contributed by atoms with Gasteiger partial charge in [-0.15, -0.1) is 0 Å². The molecular formula is C13H13BrN2O4. The SMILES string of the molecule is CN1C(=O)CC(NCc2ccc(C(=O)O)cc2Br)C1=O. The van der Waals surface area contributed by atoms with Crippen molar-refractivity contribution in [2.24, 2.45) is 0 Å². The van der Waals surface area contributed by atoms with Crippen molar-refractivity contribution in [3.63, 3.8) is 0 Å². The molecule has 0 bridgehead atoms. The predicted molar refractivity (Wildman–Crippen MR) is 74.1 cm³/mol. The van der Waals surface area contributed by atoms with Gasteiger partial charge in [-0.2, -0.15) is 0 Å². The van der Waals surface area contributed by atoms with Gasteiger partial charge in [-0.1, -0.05) is 22.0 Å². The number of hydrogen-bond donors (Lipinski definition) is 2. The Bertz CT molecular complexity index is 588. The van der Waals surface area contributed by atoms with E-state index in [9.17, 15) is 14.4 Å². The molecule has 2 N–H and O–H groups in total. The molecule has 1 fully saturated rings. The quantitative estimate of drug-likeness (QED) is 0.798. The van der Waals surface area contributed by atoms with E-state index in [-0.39, 0.29) is 23.8 Å². The average molecular weight is 341 g/mol. The third-order valence-electron chi connectivity index (χ3n) is 3.22. The Labute approximate surface area is 123 Å². The number of hydrogen-bond acceptors (Lipinski definition) is 4. The molecular weight excluding hydrogens is 328 g/mol. The number of halogens is 1. The number of aromatic carboxylic acids is 1. The Morgan fingerprint density at radius 2 is 2.20 bits per heavy atom. The first-order chi connectivity index (χ1) is 9.40. The van der Waals surface area contributed by atoms with Gasteiger partial charge in [-0.25, -0.2) is 4.79 Å². The van der Waals surface area contributed by atoms with Crippen LogP contribution in [0.15, 0.2) is 22.7 Å². The second-order valence-corrected chi connectivity index (χ2v) is 5.39. The summed E-state index contributed by atoms with van der Waals surface area (Å²) in [7, 11) is 1.46. The Balaban J connectivity index is 2.03. The molecule has 1 unspecified atom stereocenters. The lowest BCUT2D eigenvalue weighted by Crippen LogP contribution is -2.36. The number of carboxylic acids is 1. The van der Waals surface area contributed by atoms with Crippen LogP contribution < -0.4 is 5.32 Å². The smallest absolute Gasteiger partial charge is 0.335 e. The van der Waals surface area contributed by atoms with E-state index in [0.717, 1.165) is 10.5 Å². The second kappa shape index (κ2) is 5.72. The zero-order chi connectivity index (χ0) is 14.9. The number of likely N-dealkylation sites (tertiary alicyclic amines) is 1. The van der Waals surface area contributed by atoms with E-state index in [4.69, 9.17) is 5.11 Å². The summed E-state index contributed by atoms with van der Waals surface area (Å²) < 4.78 is 0.648. The first-order valence-corrected chi connectivity index (χ1v) is 6.75. The number of carbonyl (C=O) groups excluding carboxylic acids is 2. The van der Waals surface area contributed by atoms with E-state index >= 15 is 0 Å². The monoisotopic (exact) mass is 340 g/mol. The first kappa shape index (κ1) is 14.7. The van der Waals surface area contributed by atoms with E-state index in [2.05, 4.69) is 21.2 Å². The number of carboxylic acid groups (broad SMARTS) is 1. The van der Waals surface area contributed by atoms with E-state index in [1.54, 1.807) is 6.07 Å². The molecule has 0 aromatic heterocycles. The largest absolute Gasteiger partial charge is 0.478 e. The Hall–Kier alpha value is -1.73. The molecule has 1 heterocycles. The maximum Gasteiger partial charge on any atom is 0.335 e. The zero-order valence-electron chi connectivity index (χ0n) is 10.7. The van der Waals surface area contributed by atoms with Crippen LogP contribution in [0.5, 0.6) is 0 Å². The van der Waals surface area contributed by atoms with Gasteiger partial charge in [0.25, 0.3) is 0 Å². The van der Waals surface area contributed by atoms with Crippen LogP contribution in [0.25, 0.3) is 0 Å². The van der Waals surface area contributed by atoms with Crippen LogP contribution in [-0.2, 0) is 16.1 Å². The summed E-state index contributed by atoms with van der Waals surface area (Å²) in [6.07, 6.45) is 0.153. The predicted octanol–water partition coefficient (Wildman–Crippen LogP) is 0.994. The van der Waals surface area contributed by atoms with Crippen molar-refractivity contribution in [2.75, 3.05) is 7.05 Å². The maximum absolute atomic E-state index is 11.7. The first-order valence-electron chi connectivity index (χ1n) is 5.95. The number of likely N-dealkylation sites (N-methyl/N-ethyl adjacent to an activating group) is 1. The third-order valence-corrected chi connectivity index (χ3v) is 3.96. The van der Waals surface area contributed by atoms with Crippen LogP contribution in [0.3, 0.4) is 0 Å². The van der Waals surface area contributed by atoms with Crippen LogP contribution in [0.2, 0.25) is 0 Å². The lowest BCUT2D eigenvalue weighted by Gasteiger charge is -2.12. The number of rotatable bonds is 4. The minimum Gasteiger partial charge on any atom is -0.478 e. The van der Waals surface area contributed by atoms with E-state index in [1.807, 2.05) is 0 Å². The van der Waals surface area contributed by atoms with Crippen molar-refractivity contribution >= 4 is 33.7 Å². The number of nitrogens with zero attached hydrogens (tertiary/aromatic N) is 1. The minimum absolute atomic E-state index is 0.153.